The zero-order chi connectivity index (χ0) is 18.1. The van der Waals surface area contributed by atoms with Crippen LogP contribution in [0.3, 0.4) is 0 Å². The van der Waals surface area contributed by atoms with Gasteiger partial charge >= 0.3 is 5.97 Å². The summed E-state index contributed by atoms with van der Waals surface area (Å²) in [5, 5.41) is 0. The molecule has 0 heterocycles. The van der Waals surface area contributed by atoms with Crippen molar-refractivity contribution >= 4 is 16.0 Å². The zero-order valence-corrected chi connectivity index (χ0v) is 17.9. The molecule has 0 saturated heterocycles. The normalized spacial score (nSPS) is 12.3. The van der Waals surface area contributed by atoms with Crippen molar-refractivity contribution in [1.29, 1.82) is 0 Å². The van der Waals surface area contributed by atoms with E-state index in [2.05, 4.69) is 24.8 Å². The van der Waals surface area contributed by atoms with Crippen LogP contribution in [0.1, 0.15) is 97.3 Å². The highest BCUT2D eigenvalue weighted by Gasteiger charge is 2.16. The fourth-order valence-corrected chi connectivity index (χ4v) is 6.66. The fraction of sp³-hybridized carbons (Fsp3) is 0.952. The fourth-order valence-electron chi connectivity index (χ4n) is 3.17. The summed E-state index contributed by atoms with van der Waals surface area (Å²) < 4.78 is 4.66. The van der Waals surface area contributed by atoms with Gasteiger partial charge in [-0.25, -0.2) is 10.0 Å². The average molecular weight is 361 g/mol. The Bertz CT molecular complexity index is 284. The quantitative estimate of drug-likeness (QED) is 0.213. The van der Waals surface area contributed by atoms with E-state index in [1.807, 2.05) is 0 Å². The Hall–Kier alpha value is -0.180. The molecular formula is C21H44O2S. The number of unbranched alkanes of at least 4 members (excludes halogenated alkanes) is 9. The molecule has 0 spiro atoms. The third-order valence-electron chi connectivity index (χ3n) is 4.98. The summed E-state index contributed by atoms with van der Waals surface area (Å²) in [7, 11) is 1.15. The molecule has 24 heavy (non-hydrogen) atoms. The van der Waals surface area contributed by atoms with E-state index in [4.69, 9.17) is 0 Å². The van der Waals surface area contributed by atoms with Crippen LogP contribution in [0.5, 0.6) is 0 Å². The van der Waals surface area contributed by atoms with Crippen molar-refractivity contribution in [2.24, 2.45) is 0 Å². The van der Waals surface area contributed by atoms with Crippen LogP contribution >= 0.6 is 10.0 Å². The number of carbonyl (C=O) groups excluding carboxylic acids is 1. The number of esters is 1. The van der Waals surface area contributed by atoms with Crippen LogP contribution in [0.25, 0.3) is 0 Å². The average Bonchev–Trinajstić information content (AvgIpc) is 2.59. The molecule has 0 saturated carbocycles. The van der Waals surface area contributed by atoms with Crippen LogP contribution in [-0.4, -0.2) is 36.6 Å². The lowest BCUT2D eigenvalue weighted by atomic mass is 10.1. The largest absolute Gasteiger partial charge is 0.469 e. The Kier molecular flexibility index (Phi) is 16.2. The molecule has 0 aliphatic carbocycles. The highest BCUT2D eigenvalue weighted by molar-refractivity contribution is 8.33. The van der Waals surface area contributed by atoms with Crippen molar-refractivity contribution in [2.45, 2.75) is 97.3 Å². The first-order valence-corrected chi connectivity index (χ1v) is 12.9. The standard InChI is InChI=1S/C21H44O2S/c1-5-7-18-24(4,19-8-6-2)20-16-14-12-10-9-11-13-15-17-21(22)23-3/h5-20H2,1-4H3. The zero-order valence-electron chi connectivity index (χ0n) is 17.0. The van der Waals surface area contributed by atoms with Crippen LogP contribution in [0.4, 0.5) is 0 Å². The molecule has 0 aromatic carbocycles. The van der Waals surface area contributed by atoms with Crippen LogP contribution < -0.4 is 0 Å². The van der Waals surface area contributed by atoms with Gasteiger partial charge in [0.15, 0.2) is 0 Å². The molecule has 0 unspecified atom stereocenters. The molecule has 0 aliphatic rings. The Morgan fingerprint density at radius 2 is 1.12 bits per heavy atom. The number of hydrogen-bond acceptors (Lipinski definition) is 2. The highest BCUT2D eigenvalue weighted by atomic mass is 32.3. The Morgan fingerprint density at radius 1 is 0.708 bits per heavy atom. The molecule has 0 rings (SSSR count). The van der Waals surface area contributed by atoms with E-state index < -0.39 is 0 Å². The number of methoxy groups -OCH3 is 1. The molecule has 3 heteroatoms. The topological polar surface area (TPSA) is 26.3 Å². The number of ether oxygens (including phenoxy) is 1. The number of rotatable bonds is 17. The second-order valence-corrected chi connectivity index (χ2v) is 11.6. The van der Waals surface area contributed by atoms with Gasteiger partial charge in [-0.05, 0) is 49.2 Å². The van der Waals surface area contributed by atoms with Gasteiger partial charge in [-0.3, -0.25) is 4.79 Å². The summed E-state index contributed by atoms with van der Waals surface area (Å²) in [5.41, 5.74) is 0. The van der Waals surface area contributed by atoms with Crippen molar-refractivity contribution in [1.82, 2.24) is 0 Å². The third kappa shape index (κ3) is 14.2. The van der Waals surface area contributed by atoms with Gasteiger partial charge in [-0.1, -0.05) is 65.2 Å². The van der Waals surface area contributed by atoms with Crippen molar-refractivity contribution in [2.75, 3.05) is 30.6 Å². The summed E-state index contributed by atoms with van der Waals surface area (Å²) in [4.78, 5) is 11.0. The first-order valence-electron chi connectivity index (χ1n) is 10.4. The molecule has 0 aromatic rings. The van der Waals surface area contributed by atoms with Gasteiger partial charge in [0.05, 0.1) is 7.11 Å². The minimum Gasteiger partial charge on any atom is -0.469 e. The third-order valence-corrected chi connectivity index (χ3v) is 8.80. The predicted octanol–water partition coefficient (Wildman–Crippen LogP) is 6.70. The predicted molar refractivity (Wildman–Crippen MR) is 112 cm³/mol. The van der Waals surface area contributed by atoms with Crippen LogP contribution in [0, 0.1) is 0 Å². The van der Waals surface area contributed by atoms with Crippen molar-refractivity contribution in [3.63, 3.8) is 0 Å². The van der Waals surface area contributed by atoms with E-state index in [9.17, 15) is 4.79 Å². The second-order valence-electron chi connectivity index (χ2n) is 7.45. The van der Waals surface area contributed by atoms with Gasteiger partial charge < -0.3 is 4.74 Å². The van der Waals surface area contributed by atoms with Gasteiger partial charge in [0.25, 0.3) is 0 Å². The minimum atomic E-state index is -0.323. The first kappa shape index (κ1) is 23.8. The maximum atomic E-state index is 11.0. The molecule has 0 N–H and O–H groups in total. The summed E-state index contributed by atoms with van der Waals surface area (Å²) in [6.07, 6.45) is 19.2. The van der Waals surface area contributed by atoms with Gasteiger partial charge in [-0.15, -0.1) is 0 Å². The molecule has 0 bridgehead atoms. The maximum Gasteiger partial charge on any atom is 0.305 e. The van der Waals surface area contributed by atoms with E-state index in [1.54, 1.807) is 0 Å². The molecule has 2 nitrogen and oxygen atoms in total. The van der Waals surface area contributed by atoms with E-state index in [1.165, 1.54) is 95.0 Å². The van der Waals surface area contributed by atoms with E-state index >= 15 is 0 Å². The van der Waals surface area contributed by atoms with Crippen LogP contribution in [0.2, 0.25) is 0 Å². The molecular weight excluding hydrogens is 316 g/mol. The van der Waals surface area contributed by atoms with Crippen molar-refractivity contribution in [3.05, 3.63) is 0 Å². The SMILES string of the molecule is CCCCS(C)(CCCC)CCCCCCCCCCC(=O)OC. The van der Waals surface area contributed by atoms with Crippen molar-refractivity contribution < 1.29 is 9.53 Å². The lowest BCUT2D eigenvalue weighted by Crippen LogP contribution is -2.12. The molecule has 0 amide bonds. The molecule has 0 fully saturated rings. The molecule has 0 aromatic heterocycles. The lowest BCUT2D eigenvalue weighted by molar-refractivity contribution is -0.140. The summed E-state index contributed by atoms with van der Waals surface area (Å²) in [6, 6.07) is 0. The Balaban J connectivity index is 3.58. The first-order chi connectivity index (χ1) is 11.6. The van der Waals surface area contributed by atoms with E-state index in [0.717, 1.165) is 6.42 Å². The van der Waals surface area contributed by atoms with E-state index in [0.29, 0.717) is 6.42 Å². The number of hydrogen-bond donors (Lipinski definition) is 0. The smallest absolute Gasteiger partial charge is 0.305 e. The van der Waals surface area contributed by atoms with Gasteiger partial charge in [-0.2, -0.15) is 0 Å². The van der Waals surface area contributed by atoms with E-state index in [-0.39, 0.29) is 16.0 Å². The summed E-state index contributed by atoms with van der Waals surface area (Å²) in [5.74, 6) is 4.45. The van der Waals surface area contributed by atoms with Crippen LogP contribution in [0.15, 0.2) is 0 Å². The second kappa shape index (κ2) is 16.3. The van der Waals surface area contributed by atoms with Gasteiger partial charge in [0.1, 0.15) is 0 Å². The Labute approximate surface area is 153 Å². The van der Waals surface area contributed by atoms with Crippen LogP contribution in [-0.2, 0) is 9.53 Å². The number of carbonyl (C=O) groups is 1. The monoisotopic (exact) mass is 360 g/mol. The minimum absolute atomic E-state index is 0.0632. The maximum absolute atomic E-state index is 11.0. The highest BCUT2D eigenvalue weighted by Crippen LogP contribution is 2.46. The molecule has 0 radical (unpaired) electrons. The molecule has 0 atom stereocenters. The summed E-state index contributed by atoms with van der Waals surface area (Å²) >= 11 is 0. The van der Waals surface area contributed by atoms with Gasteiger partial charge in [0, 0.05) is 6.42 Å². The Morgan fingerprint density at radius 3 is 1.58 bits per heavy atom. The molecule has 146 valence electrons. The lowest BCUT2D eigenvalue weighted by Gasteiger charge is -2.36. The molecule has 0 aliphatic heterocycles. The summed E-state index contributed by atoms with van der Waals surface area (Å²) in [6.45, 7) is 4.65. The van der Waals surface area contributed by atoms with Crippen molar-refractivity contribution in [3.8, 4) is 0 Å². The van der Waals surface area contributed by atoms with Gasteiger partial charge in [0.2, 0.25) is 0 Å².